The zero-order valence-corrected chi connectivity index (χ0v) is 30.2. The molecular formula is C34H34N8O8S2. The lowest BCUT2D eigenvalue weighted by molar-refractivity contribution is -0.141. The summed E-state index contributed by atoms with van der Waals surface area (Å²) in [5.41, 5.74) is 3.88. The Hall–Kier alpha value is -5.88. The van der Waals surface area contributed by atoms with E-state index in [9.17, 15) is 26.4 Å². The van der Waals surface area contributed by atoms with Gasteiger partial charge >= 0.3 is 11.9 Å². The van der Waals surface area contributed by atoms with Gasteiger partial charge in [-0.1, -0.05) is 24.3 Å². The van der Waals surface area contributed by atoms with Crippen LogP contribution in [0, 0.1) is 0 Å². The number of sulfone groups is 2. The summed E-state index contributed by atoms with van der Waals surface area (Å²) >= 11 is 0. The number of carbonyl (C=O) groups excluding carboxylic acids is 2. The zero-order valence-electron chi connectivity index (χ0n) is 28.6. The number of carbonyl (C=O) groups is 2. The molecule has 0 saturated carbocycles. The second-order valence-corrected chi connectivity index (χ2v) is 16.2. The molecule has 6 aromatic rings. The van der Waals surface area contributed by atoms with E-state index in [2.05, 4.69) is 20.4 Å². The number of benzene rings is 2. The maximum atomic E-state index is 12.8. The van der Waals surface area contributed by atoms with Crippen molar-refractivity contribution >= 4 is 31.6 Å². The molecule has 18 heteroatoms. The predicted molar refractivity (Wildman–Crippen MR) is 187 cm³/mol. The SMILES string of the molecule is Cn1cc(Cn2cc(-c3cccc(S(C)(=O)=O)c3)cn2)c(OC(=O)CCC(=O)Oc2nn(C)cc2Cn2cc(-c3cccc(S(C)(=O)=O)c3)cn2)n1. The maximum absolute atomic E-state index is 12.8. The molecule has 0 bridgehead atoms. The molecule has 0 aliphatic heterocycles. The van der Waals surface area contributed by atoms with E-state index in [1.165, 1.54) is 21.5 Å². The second kappa shape index (κ2) is 14.4. The fraction of sp³-hybridized carbons (Fsp3) is 0.235. The van der Waals surface area contributed by atoms with E-state index in [0.29, 0.717) is 33.4 Å². The van der Waals surface area contributed by atoms with Crippen LogP contribution in [0.2, 0.25) is 0 Å². The van der Waals surface area contributed by atoms with E-state index < -0.39 is 31.6 Å². The van der Waals surface area contributed by atoms with E-state index in [-0.39, 0.29) is 47.5 Å². The van der Waals surface area contributed by atoms with Crippen LogP contribution in [0.3, 0.4) is 0 Å². The maximum Gasteiger partial charge on any atom is 0.313 e. The molecule has 0 aliphatic carbocycles. The lowest BCUT2D eigenvalue weighted by Gasteiger charge is -2.06. The number of nitrogens with zero attached hydrogens (tertiary/aromatic N) is 8. The van der Waals surface area contributed by atoms with Gasteiger partial charge in [0.15, 0.2) is 19.7 Å². The smallest absolute Gasteiger partial charge is 0.313 e. The quantitative estimate of drug-likeness (QED) is 0.157. The highest BCUT2D eigenvalue weighted by molar-refractivity contribution is 7.91. The van der Waals surface area contributed by atoms with Crippen molar-refractivity contribution in [3.8, 4) is 34.0 Å². The molecule has 2 aromatic carbocycles. The van der Waals surface area contributed by atoms with Gasteiger partial charge in [-0.15, -0.1) is 10.2 Å². The molecule has 0 fully saturated rings. The minimum atomic E-state index is -3.38. The van der Waals surface area contributed by atoms with Crippen molar-refractivity contribution in [1.29, 1.82) is 0 Å². The first-order chi connectivity index (χ1) is 24.6. The van der Waals surface area contributed by atoms with Gasteiger partial charge in [-0.2, -0.15) is 10.2 Å². The summed E-state index contributed by atoms with van der Waals surface area (Å²) in [6, 6.07) is 13.1. The Bertz CT molecular complexity index is 2340. The zero-order chi connectivity index (χ0) is 37.2. The van der Waals surface area contributed by atoms with Crippen molar-refractivity contribution < 1.29 is 35.9 Å². The number of aryl methyl sites for hydroxylation is 2. The average Bonchev–Trinajstić information content (AvgIpc) is 3.88. The Labute approximate surface area is 299 Å². The molecule has 52 heavy (non-hydrogen) atoms. The first-order valence-electron chi connectivity index (χ1n) is 15.7. The standard InChI is InChI=1S/C34H34N8O8S2/c1-39-17-27(21-41-19-25(15-35-41)23-7-5-9-29(13-23)51(3,45)46)33(37-39)49-31(43)11-12-32(44)50-34-28(18-40(2)38-34)22-42-20-26(16-36-42)24-8-6-10-30(14-24)52(4,47)48/h5-10,13-20H,11-12,21-22H2,1-4H3. The molecule has 4 aromatic heterocycles. The molecule has 6 rings (SSSR count). The summed E-state index contributed by atoms with van der Waals surface area (Å²) in [7, 11) is -3.40. The van der Waals surface area contributed by atoms with Crippen molar-refractivity contribution in [2.45, 2.75) is 35.7 Å². The molecule has 270 valence electrons. The van der Waals surface area contributed by atoms with Crippen LogP contribution in [0.25, 0.3) is 22.3 Å². The molecule has 0 radical (unpaired) electrons. The highest BCUT2D eigenvalue weighted by atomic mass is 32.2. The monoisotopic (exact) mass is 746 g/mol. The fourth-order valence-corrected chi connectivity index (χ4v) is 6.64. The summed E-state index contributed by atoms with van der Waals surface area (Å²) in [5.74, 6) is -1.27. The van der Waals surface area contributed by atoms with Gasteiger partial charge in [0.1, 0.15) is 0 Å². The number of hydrogen-bond acceptors (Lipinski definition) is 12. The number of hydrogen-bond donors (Lipinski definition) is 0. The van der Waals surface area contributed by atoms with Gasteiger partial charge in [0.2, 0.25) is 11.8 Å². The van der Waals surface area contributed by atoms with Gasteiger partial charge in [0, 0.05) is 62.5 Å². The Kier molecular flexibility index (Phi) is 9.94. The fourth-order valence-electron chi connectivity index (χ4n) is 5.30. The lowest BCUT2D eigenvalue weighted by Crippen LogP contribution is -2.16. The number of rotatable bonds is 13. The van der Waals surface area contributed by atoms with Gasteiger partial charge in [0.05, 0.1) is 59.2 Å². The van der Waals surface area contributed by atoms with Gasteiger partial charge in [0.25, 0.3) is 0 Å². The Morgan fingerprint density at radius 1 is 0.615 bits per heavy atom. The Morgan fingerprint density at radius 2 is 1.02 bits per heavy atom. The van der Waals surface area contributed by atoms with E-state index in [1.54, 1.807) is 97.0 Å². The van der Waals surface area contributed by atoms with Crippen LogP contribution in [0.4, 0.5) is 0 Å². The molecule has 0 aliphatic rings. The van der Waals surface area contributed by atoms with Crippen LogP contribution in [0.1, 0.15) is 24.0 Å². The van der Waals surface area contributed by atoms with Crippen molar-refractivity contribution in [3.05, 3.63) is 96.8 Å². The van der Waals surface area contributed by atoms with Gasteiger partial charge in [-0.3, -0.25) is 28.3 Å². The molecule has 0 saturated heterocycles. The number of esters is 2. The molecule has 16 nitrogen and oxygen atoms in total. The normalized spacial score (nSPS) is 11.8. The highest BCUT2D eigenvalue weighted by Gasteiger charge is 2.20. The highest BCUT2D eigenvalue weighted by Crippen LogP contribution is 2.26. The molecule has 0 amide bonds. The van der Waals surface area contributed by atoms with Crippen LogP contribution >= 0.6 is 0 Å². The summed E-state index contributed by atoms with van der Waals surface area (Å²) in [5, 5.41) is 17.2. The van der Waals surface area contributed by atoms with Gasteiger partial charge < -0.3 is 9.47 Å². The Balaban J connectivity index is 1.04. The topological polar surface area (TPSA) is 192 Å². The summed E-state index contributed by atoms with van der Waals surface area (Å²) in [6.07, 6.45) is 11.8. The summed E-state index contributed by atoms with van der Waals surface area (Å²) in [4.78, 5) is 26.0. The minimum absolute atomic E-state index is 0.0608. The van der Waals surface area contributed by atoms with Crippen LogP contribution in [0.15, 0.2) is 95.5 Å². The van der Waals surface area contributed by atoms with Crippen molar-refractivity contribution in [1.82, 2.24) is 39.1 Å². The number of ether oxygens (including phenoxy) is 2. The molecule has 0 unspecified atom stereocenters. The van der Waals surface area contributed by atoms with Crippen LogP contribution in [-0.2, 0) is 56.4 Å². The molecule has 0 spiro atoms. The van der Waals surface area contributed by atoms with Gasteiger partial charge in [-0.05, 0) is 35.4 Å². The third-order valence-electron chi connectivity index (χ3n) is 7.81. The first-order valence-corrected chi connectivity index (χ1v) is 19.5. The largest absolute Gasteiger partial charge is 0.405 e. The summed E-state index contributed by atoms with van der Waals surface area (Å²) in [6.45, 7) is 0.412. The predicted octanol–water partition coefficient (Wildman–Crippen LogP) is 3.08. The van der Waals surface area contributed by atoms with E-state index >= 15 is 0 Å². The third-order valence-corrected chi connectivity index (χ3v) is 10.0. The third kappa shape index (κ3) is 8.70. The van der Waals surface area contributed by atoms with Crippen LogP contribution < -0.4 is 9.47 Å². The lowest BCUT2D eigenvalue weighted by atomic mass is 10.1. The number of aromatic nitrogens is 8. The molecule has 0 N–H and O–H groups in total. The van der Waals surface area contributed by atoms with E-state index in [1.807, 2.05) is 0 Å². The van der Waals surface area contributed by atoms with Crippen LogP contribution in [0.5, 0.6) is 11.8 Å². The van der Waals surface area contributed by atoms with E-state index in [0.717, 1.165) is 12.5 Å². The van der Waals surface area contributed by atoms with Crippen molar-refractivity contribution in [2.24, 2.45) is 14.1 Å². The van der Waals surface area contributed by atoms with E-state index in [4.69, 9.17) is 9.47 Å². The molecule has 4 heterocycles. The summed E-state index contributed by atoms with van der Waals surface area (Å²) < 4.78 is 65.1. The minimum Gasteiger partial charge on any atom is -0.405 e. The van der Waals surface area contributed by atoms with Crippen molar-refractivity contribution in [3.63, 3.8) is 0 Å². The molecule has 0 atom stereocenters. The second-order valence-electron chi connectivity index (χ2n) is 12.2. The Morgan fingerprint density at radius 3 is 1.40 bits per heavy atom. The first kappa shape index (κ1) is 35.9. The van der Waals surface area contributed by atoms with Crippen LogP contribution in [-0.4, -0.2) is 80.4 Å². The van der Waals surface area contributed by atoms with Gasteiger partial charge in [-0.25, -0.2) is 16.8 Å². The average molecular weight is 747 g/mol. The van der Waals surface area contributed by atoms with Crippen molar-refractivity contribution in [2.75, 3.05) is 12.5 Å². The molecular weight excluding hydrogens is 713 g/mol.